The molecule has 1 fully saturated rings. The second-order valence-electron chi connectivity index (χ2n) is 6.02. The molecular weight excluding hydrogens is 308 g/mol. The number of amides is 1. The van der Waals surface area contributed by atoms with Crippen LogP contribution in [0.2, 0.25) is 0 Å². The van der Waals surface area contributed by atoms with Crippen LogP contribution in [0.15, 0.2) is 24.3 Å². The molecule has 7 nitrogen and oxygen atoms in total. The summed E-state index contributed by atoms with van der Waals surface area (Å²) in [5.41, 5.74) is 7.25. The molecule has 0 saturated carbocycles. The quantitative estimate of drug-likeness (QED) is 0.377. The Morgan fingerprint density at radius 2 is 1.96 bits per heavy atom. The van der Waals surface area contributed by atoms with Crippen LogP contribution in [-0.4, -0.2) is 53.9 Å². The lowest BCUT2D eigenvalue weighted by atomic mass is 10.0. The third-order valence-electron chi connectivity index (χ3n) is 4.42. The lowest BCUT2D eigenvalue weighted by Gasteiger charge is -2.38. The third-order valence-corrected chi connectivity index (χ3v) is 4.42. The standard InChI is InChI=1S/C17H24N4O3/c18-17(19)13-3-5-14(6-4-13)20-10-7-15(8-11-20)21(12-22)9-1-2-16(23)24/h3-6,12,15H,1-2,7-11H2,(H3,18,19)(H,23,24). The van der Waals surface area contributed by atoms with E-state index in [0.717, 1.165) is 38.0 Å². The molecule has 1 amide bonds. The number of hydrogen-bond donors (Lipinski definition) is 3. The van der Waals surface area contributed by atoms with Gasteiger partial charge in [0.2, 0.25) is 6.41 Å². The van der Waals surface area contributed by atoms with Gasteiger partial charge in [-0.05, 0) is 43.5 Å². The molecule has 1 aromatic rings. The zero-order chi connectivity index (χ0) is 17.5. The Balaban J connectivity index is 1.86. The number of amidine groups is 1. The van der Waals surface area contributed by atoms with Crippen molar-refractivity contribution in [2.75, 3.05) is 24.5 Å². The fourth-order valence-electron chi connectivity index (χ4n) is 3.04. The van der Waals surface area contributed by atoms with Crippen molar-refractivity contribution in [1.82, 2.24) is 4.90 Å². The van der Waals surface area contributed by atoms with Crippen molar-refractivity contribution in [3.05, 3.63) is 29.8 Å². The maximum absolute atomic E-state index is 11.3. The molecule has 24 heavy (non-hydrogen) atoms. The van der Waals surface area contributed by atoms with Gasteiger partial charge in [0.15, 0.2) is 0 Å². The summed E-state index contributed by atoms with van der Waals surface area (Å²) >= 11 is 0. The first-order valence-electron chi connectivity index (χ1n) is 8.13. The molecule has 1 aromatic carbocycles. The van der Waals surface area contributed by atoms with Gasteiger partial charge in [-0.3, -0.25) is 15.0 Å². The summed E-state index contributed by atoms with van der Waals surface area (Å²) in [4.78, 5) is 25.8. The lowest BCUT2D eigenvalue weighted by Crippen LogP contribution is -2.44. The van der Waals surface area contributed by atoms with E-state index in [2.05, 4.69) is 4.90 Å². The molecule has 2 rings (SSSR count). The average Bonchev–Trinajstić information content (AvgIpc) is 2.59. The first-order chi connectivity index (χ1) is 11.5. The number of rotatable bonds is 8. The molecule has 1 heterocycles. The Morgan fingerprint density at radius 1 is 1.33 bits per heavy atom. The fraction of sp³-hybridized carbons (Fsp3) is 0.471. The van der Waals surface area contributed by atoms with E-state index < -0.39 is 5.97 Å². The van der Waals surface area contributed by atoms with Gasteiger partial charge in [-0.15, -0.1) is 0 Å². The monoisotopic (exact) mass is 332 g/mol. The van der Waals surface area contributed by atoms with E-state index in [1.54, 1.807) is 4.90 Å². The van der Waals surface area contributed by atoms with Crippen molar-refractivity contribution >= 4 is 23.9 Å². The van der Waals surface area contributed by atoms with Gasteiger partial charge in [-0.1, -0.05) is 0 Å². The van der Waals surface area contributed by atoms with Crippen molar-refractivity contribution < 1.29 is 14.7 Å². The molecule has 1 aliphatic rings. The molecule has 0 spiro atoms. The van der Waals surface area contributed by atoms with Crippen LogP contribution in [0.4, 0.5) is 5.69 Å². The molecule has 0 radical (unpaired) electrons. The number of nitrogens with zero attached hydrogens (tertiary/aromatic N) is 2. The number of aliphatic carboxylic acids is 1. The number of anilines is 1. The number of piperidine rings is 1. The van der Waals surface area contributed by atoms with Crippen molar-refractivity contribution in [3.8, 4) is 0 Å². The normalized spacial score (nSPS) is 15.1. The second-order valence-corrected chi connectivity index (χ2v) is 6.02. The van der Waals surface area contributed by atoms with Crippen LogP contribution in [-0.2, 0) is 9.59 Å². The molecule has 0 bridgehead atoms. The molecule has 1 saturated heterocycles. The smallest absolute Gasteiger partial charge is 0.303 e. The maximum atomic E-state index is 11.3. The first-order valence-corrected chi connectivity index (χ1v) is 8.13. The summed E-state index contributed by atoms with van der Waals surface area (Å²) < 4.78 is 0. The summed E-state index contributed by atoms with van der Waals surface area (Å²) in [5, 5.41) is 16.1. The third kappa shape index (κ3) is 4.71. The van der Waals surface area contributed by atoms with E-state index in [-0.39, 0.29) is 18.3 Å². The molecule has 0 unspecified atom stereocenters. The van der Waals surface area contributed by atoms with Crippen LogP contribution in [0.25, 0.3) is 0 Å². The van der Waals surface area contributed by atoms with E-state index in [0.29, 0.717) is 18.5 Å². The van der Waals surface area contributed by atoms with Crippen LogP contribution in [0.1, 0.15) is 31.2 Å². The number of nitrogens with two attached hydrogens (primary N) is 1. The number of carboxylic acids is 1. The van der Waals surface area contributed by atoms with Crippen LogP contribution >= 0.6 is 0 Å². The lowest BCUT2D eigenvalue weighted by molar-refractivity contribution is -0.137. The predicted octanol–water partition coefficient (Wildman–Crippen LogP) is 1.26. The molecule has 0 aromatic heterocycles. The number of carboxylic acid groups (broad SMARTS) is 1. The van der Waals surface area contributed by atoms with Gasteiger partial charge in [0.1, 0.15) is 5.84 Å². The number of carbonyl (C=O) groups is 2. The van der Waals surface area contributed by atoms with Gasteiger partial charge in [-0.25, -0.2) is 0 Å². The Morgan fingerprint density at radius 3 is 2.46 bits per heavy atom. The van der Waals surface area contributed by atoms with Crippen LogP contribution in [0.3, 0.4) is 0 Å². The highest BCUT2D eigenvalue weighted by atomic mass is 16.4. The second kappa shape index (κ2) is 8.33. The van der Waals surface area contributed by atoms with E-state index in [1.165, 1.54) is 0 Å². The van der Waals surface area contributed by atoms with E-state index in [1.807, 2.05) is 24.3 Å². The number of hydrogen-bond acceptors (Lipinski definition) is 4. The summed E-state index contributed by atoms with van der Waals surface area (Å²) in [7, 11) is 0. The van der Waals surface area contributed by atoms with Gasteiger partial charge in [0.05, 0.1) is 0 Å². The Hall–Kier alpha value is -2.57. The van der Waals surface area contributed by atoms with Gasteiger partial charge in [0.25, 0.3) is 0 Å². The summed E-state index contributed by atoms with van der Waals surface area (Å²) in [6.07, 6.45) is 3.14. The summed E-state index contributed by atoms with van der Waals surface area (Å²) in [5.74, 6) is -0.770. The van der Waals surface area contributed by atoms with E-state index >= 15 is 0 Å². The minimum atomic E-state index is -0.829. The highest BCUT2D eigenvalue weighted by Gasteiger charge is 2.23. The number of carbonyl (C=O) groups excluding carboxylic acids is 1. The topological polar surface area (TPSA) is 111 Å². The first kappa shape index (κ1) is 17.8. The van der Waals surface area contributed by atoms with E-state index in [9.17, 15) is 9.59 Å². The average molecular weight is 332 g/mol. The van der Waals surface area contributed by atoms with Crippen molar-refractivity contribution in [2.24, 2.45) is 5.73 Å². The van der Waals surface area contributed by atoms with Crippen molar-refractivity contribution in [3.63, 3.8) is 0 Å². The molecule has 4 N–H and O–H groups in total. The molecule has 0 aliphatic carbocycles. The zero-order valence-electron chi connectivity index (χ0n) is 13.6. The van der Waals surface area contributed by atoms with E-state index in [4.69, 9.17) is 16.2 Å². The Bertz CT molecular complexity index is 580. The van der Waals surface area contributed by atoms with Crippen molar-refractivity contribution in [2.45, 2.75) is 31.7 Å². The number of nitrogens with one attached hydrogen (secondary N) is 1. The zero-order valence-corrected chi connectivity index (χ0v) is 13.6. The Labute approximate surface area is 141 Å². The molecule has 130 valence electrons. The van der Waals surface area contributed by atoms with Gasteiger partial charge >= 0.3 is 5.97 Å². The highest BCUT2D eigenvalue weighted by Crippen LogP contribution is 2.22. The molecule has 7 heteroatoms. The molecule has 1 aliphatic heterocycles. The SMILES string of the molecule is N=C(N)c1ccc(N2CCC(N(C=O)CCCC(=O)O)CC2)cc1. The van der Waals surface area contributed by atoms with Crippen LogP contribution in [0.5, 0.6) is 0 Å². The Kier molecular flexibility index (Phi) is 6.17. The van der Waals surface area contributed by atoms with Gasteiger partial charge in [-0.2, -0.15) is 0 Å². The minimum Gasteiger partial charge on any atom is -0.481 e. The number of benzene rings is 1. The fourth-order valence-corrected chi connectivity index (χ4v) is 3.04. The largest absolute Gasteiger partial charge is 0.481 e. The highest BCUT2D eigenvalue weighted by molar-refractivity contribution is 5.95. The maximum Gasteiger partial charge on any atom is 0.303 e. The van der Waals surface area contributed by atoms with Crippen LogP contribution < -0.4 is 10.6 Å². The summed E-state index contributed by atoms with van der Waals surface area (Å²) in [6.45, 7) is 2.18. The van der Waals surface area contributed by atoms with Gasteiger partial charge in [0, 0.05) is 43.3 Å². The summed E-state index contributed by atoms with van der Waals surface area (Å²) in [6, 6.07) is 7.77. The van der Waals surface area contributed by atoms with Gasteiger partial charge < -0.3 is 20.6 Å². The number of nitrogen functional groups attached to an aromatic ring is 1. The molecule has 0 atom stereocenters. The molecular formula is C17H24N4O3. The minimum absolute atomic E-state index is 0.0586. The van der Waals surface area contributed by atoms with Crippen molar-refractivity contribution in [1.29, 1.82) is 5.41 Å². The predicted molar refractivity (Wildman–Crippen MR) is 92.3 cm³/mol. The van der Waals surface area contributed by atoms with Crippen LogP contribution in [0, 0.1) is 5.41 Å².